The van der Waals surface area contributed by atoms with Crippen molar-refractivity contribution < 1.29 is 22.7 Å². The van der Waals surface area contributed by atoms with Gasteiger partial charge in [-0.3, -0.25) is 4.79 Å². The Morgan fingerprint density at radius 1 is 1.22 bits per heavy atom. The molecule has 1 saturated heterocycles. The molecule has 1 aromatic rings. The molecule has 23 heavy (non-hydrogen) atoms. The van der Waals surface area contributed by atoms with Crippen LogP contribution in [0.25, 0.3) is 0 Å². The second-order valence-electron chi connectivity index (χ2n) is 5.22. The third kappa shape index (κ3) is 3.61. The summed E-state index contributed by atoms with van der Waals surface area (Å²) in [6.07, 6.45) is 0.860. The van der Waals surface area contributed by atoms with Crippen LogP contribution in [0.1, 0.15) is 12.8 Å². The summed E-state index contributed by atoms with van der Waals surface area (Å²) in [4.78, 5) is 11.3. The molecule has 9 heteroatoms. The molecule has 1 amide bonds. The SMILES string of the molecule is COc1cc(Br)c(S(=O)(=O)N2CCC(C(N)=O)CC2)cc1OC. The van der Waals surface area contributed by atoms with Gasteiger partial charge in [0.15, 0.2) is 11.5 Å². The minimum Gasteiger partial charge on any atom is -0.493 e. The topological polar surface area (TPSA) is 98.9 Å². The molecule has 1 aliphatic rings. The Labute approximate surface area is 143 Å². The van der Waals surface area contributed by atoms with E-state index in [2.05, 4.69) is 15.9 Å². The van der Waals surface area contributed by atoms with Crippen LogP contribution in [0.5, 0.6) is 11.5 Å². The third-order valence-corrected chi connectivity index (χ3v) is 6.77. The number of halogens is 1. The number of piperidine rings is 1. The first-order valence-corrected chi connectivity index (χ1v) is 9.25. The highest BCUT2D eigenvalue weighted by Gasteiger charge is 2.33. The lowest BCUT2D eigenvalue weighted by Crippen LogP contribution is -2.41. The molecule has 0 bridgehead atoms. The van der Waals surface area contributed by atoms with Crippen molar-refractivity contribution in [1.82, 2.24) is 4.31 Å². The average molecular weight is 407 g/mol. The zero-order chi connectivity index (χ0) is 17.2. The molecule has 0 radical (unpaired) electrons. The number of hydrogen-bond donors (Lipinski definition) is 1. The first-order chi connectivity index (χ1) is 10.8. The molecule has 0 unspecified atom stereocenters. The molecular weight excluding hydrogens is 388 g/mol. The number of hydrogen-bond acceptors (Lipinski definition) is 5. The number of nitrogens with two attached hydrogens (primary N) is 1. The van der Waals surface area contributed by atoms with Gasteiger partial charge in [-0.25, -0.2) is 8.42 Å². The summed E-state index contributed by atoms with van der Waals surface area (Å²) in [5.41, 5.74) is 5.28. The van der Waals surface area contributed by atoms with Crippen molar-refractivity contribution in [3.05, 3.63) is 16.6 Å². The molecule has 0 atom stereocenters. The molecule has 1 aromatic carbocycles. The lowest BCUT2D eigenvalue weighted by molar-refractivity contribution is -0.122. The first kappa shape index (κ1) is 18.0. The van der Waals surface area contributed by atoms with E-state index in [0.717, 1.165) is 0 Å². The van der Waals surface area contributed by atoms with Gasteiger partial charge in [0, 0.05) is 29.5 Å². The molecule has 1 fully saturated rings. The van der Waals surface area contributed by atoms with Crippen LogP contribution < -0.4 is 15.2 Å². The van der Waals surface area contributed by atoms with E-state index in [9.17, 15) is 13.2 Å². The van der Waals surface area contributed by atoms with E-state index in [4.69, 9.17) is 15.2 Å². The largest absolute Gasteiger partial charge is 0.493 e. The fraction of sp³-hybridized carbons (Fsp3) is 0.500. The Morgan fingerprint density at radius 2 is 1.74 bits per heavy atom. The van der Waals surface area contributed by atoms with Crippen molar-refractivity contribution in [2.24, 2.45) is 11.7 Å². The Morgan fingerprint density at radius 3 is 2.22 bits per heavy atom. The van der Waals surface area contributed by atoms with Crippen LogP contribution in [0, 0.1) is 5.92 Å². The Kier molecular flexibility index (Phi) is 5.53. The summed E-state index contributed by atoms with van der Waals surface area (Å²) < 4.78 is 37.8. The van der Waals surface area contributed by atoms with Gasteiger partial charge in [-0.05, 0) is 34.8 Å². The zero-order valence-electron chi connectivity index (χ0n) is 12.9. The van der Waals surface area contributed by atoms with E-state index in [-0.39, 0.29) is 29.8 Å². The van der Waals surface area contributed by atoms with Crippen molar-refractivity contribution in [1.29, 1.82) is 0 Å². The molecule has 0 spiro atoms. The van der Waals surface area contributed by atoms with Gasteiger partial charge in [-0.1, -0.05) is 0 Å². The number of ether oxygens (including phenoxy) is 2. The number of amides is 1. The summed E-state index contributed by atoms with van der Waals surface area (Å²) in [6, 6.07) is 2.99. The van der Waals surface area contributed by atoms with Crippen molar-refractivity contribution in [3.63, 3.8) is 0 Å². The van der Waals surface area contributed by atoms with Crippen LogP contribution >= 0.6 is 15.9 Å². The summed E-state index contributed by atoms with van der Waals surface area (Å²) in [5.74, 6) is 0.122. The summed E-state index contributed by atoms with van der Waals surface area (Å²) >= 11 is 3.27. The van der Waals surface area contributed by atoms with E-state index in [1.807, 2.05) is 0 Å². The van der Waals surface area contributed by atoms with Crippen LogP contribution in [-0.2, 0) is 14.8 Å². The molecule has 2 rings (SSSR count). The second-order valence-corrected chi connectivity index (χ2v) is 7.98. The van der Waals surface area contributed by atoms with Gasteiger partial charge in [-0.15, -0.1) is 0 Å². The third-order valence-electron chi connectivity index (χ3n) is 3.91. The number of primary amides is 1. The van der Waals surface area contributed by atoms with Gasteiger partial charge < -0.3 is 15.2 Å². The minimum absolute atomic E-state index is 0.104. The van der Waals surface area contributed by atoms with Crippen molar-refractivity contribution in [2.75, 3.05) is 27.3 Å². The standard InChI is InChI=1S/C14H19BrN2O5S/c1-21-11-7-10(15)13(8-12(11)22-2)23(19,20)17-5-3-9(4-6-17)14(16)18/h7-9H,3-6H2,1-2H3,(H2,16,18). The van der Waals surface area contributed by atoms with E-state index < -0.39 is 10.0 Å². The highest BCUT2D eigenvalue weighted by atomic mass is 79.9. The maximum atomic E-state index is 12.8. The lowest BCUT2D eigenvalue weighted by atomic mass is 9.98. The van der Waals surface area contributed by atoms with E-state index in [1.165, 1.54) is 24.6 Å². The number of carbonyl (C=O) groups is 1. The maximum absolute atomic E-state index is 12.8. The Hall–Kier alpha value is -1.32. The van der Waals surface area contributed by atoms with Crippen molar-refractivity contribution in [3.8, 4) is 11.5 Å². The predicted octanol–water partition coefficient (Wildman–Crippen LogP) is 1.35. The Balaban J connectivity index is 2.32. The van der Waals surface area contributed by atoms with Crippen LogP contribution in [0.15, 0.2) is 21.5 Å². The predicted molar refractivity (Wildman–Crippen MR) is 87.9 cm³/mol. The number of benzene rings is 1. The number of sulfonamides is 1. The maximum Gasteiger partial charge on any atom is 0.244 e. The van der Waals surface area contributed by atoms with Gasteiger partial charge >= 0.3 is 0 Å². The van der Waals surface area contributed by atoms with Gasteiger partial charge in [0.2, 0.25) is 15.9 Å². The van der Waals surface area contributed by atoms with Crippen LogP contribution in [-0.4, -0.2) is 45.9 Å². The van der Waals surface area contributed by atoms with Gasteiger partial charge in [0.05, 0.1) is 14.2 Å². The van der Waals surface area contributed by atoms with E-state index in [0.29, 0.717) is 28.8 Å². The Bertz CT molecular complexity index is 699. The first-order valence-electron chi connectivity index (χ1n) is 7.02. The summed E-state index contributed by atoms with van der Waals surface area (Å²) in [7, 11) is -0.776. The highest BCUT2D eigenvalue weighted by Crippen LogP contribution is 2.37. The monoisotopic (exact) mass is 406 g/mol. The number of nitrogens with zero attached hydrogens (tertiary/aromatic N) is 1. The zero-order valence-corrected chi connectivity index (χ0v) is 15.3. The fourth-order valence-corrected chi connectivity index (χ4v) is 5.02. The second kappa shape index (κ2) is 7.06. The number of methoxy groups -OCH3 is 2. The lowest BCUT2D eigenvalue weighted by Gasteiger charge is -2.30. The molecule has 1 heterocycles. The number of carbonyl (C=O) groups excluding carboxylic acids is 1. The number of rotatable bonds is 5. The molecule has 0 aromatic heterocycles. The van der Waals surface area contributed by atoms with E-state index >= 15 is 0 Å². The molecular formula is C14H19BrN2O5S. The molecule has 128 valence electrons. The molecule has 0 saturated carbocycles. The van der Waals surface area contributed by atoms with Crippen LogP contribution in [0.4, 0.5) is 0 Å². The van der Waals surface area contributed by atoms with Crippen molar-refractivity contribution in [2.45, 2.75) is 17.7 Å². The fourth-order valence-electron chi connectivity index (χ4n) is 2.55. The van der Waals surface area contributed by atoms with Crippen molar-refractivity contribution >= 4 is 31.9 Å². The molecule has 2 N–H and O–H groups in total. The normalized spacial score (nSPS) is 17.0. The van der Waals surface area contributed by atoms with Gasteiger partial charge in [0.1, 0.15) is 4.90 Å². The van der Waals surface area contributed by atoms with Crippen LogP contribution in [0.2, 0.25) is 0 Å². The summed E-state index contributed by atoms with van der Waals surface area (Å²) in [5, 5.41) is 0. The smallest absolute Gasteiger partial charge is 0.244 e. The van der Waals surface area contributed by atoms with E-state index in [1.54, 1.807) is 6.07 Å². The van der Waals surface area contributed by atoms with Gasteiger partial charge in [0.25, 0.3) is 0 Å². The average Bonchev–Trinajstić information content (AvgIpc) is 2.54. The quantitative estimate of drug-likeness (QED) is 0.795. The minimum atomic E-state index is -3.70. The highest BCUT2D eigenvalue weighted by molar-refractivity contribution is 9.10. The van der Waals surface area contributed by atoms with Crippen LogP contribution in [0.3, 0.4) is 0 Å². The summed E-state index contributed by atoms with van der Waals surface area (Å²) in [6.45, 7) is 0.521. The molecule has 0 aliphatic carbocycles. The van der Waals surface area contributed by atoms with Gasteiger partial charge in [-0.2, -0.15) is 4.31 Å². The molecule has 1 aliphatic heterocycles. The molecule has 7 nitrogen and oxygen atoms in total.